The van der Waals surface area contributed by atoms with Crippen LogP contribution < -0.4 is 0 Å². The van der Waals surface area contributed by atoms with Crippen molar-refractivity contribution in [2.75, 3.05) is 0 Å². The highest BCUT2D eigenvalue weighted by atomic mass is 28.2. The molecule has 0 aromatic heterocycles. The van der Waals surface area contributed by atoms with Crippen LogP contribution in [0.15, 0.2) is 0 Å². The van der Waals surface area contributed by atoms with Crippen molar-refractivity contribution in [2.45, 2.75) is 40.2 Å². The van der Waals surface area contributed by atoms with E-state index in [4.69, 9.17) is 4.43 Å². The highest BCUT2D eigenvalue weighted by Crippen LogP contribution is 2.39. The van der Waals surface area contributed by atoms with Gasteiger partial charge in [-0.2, -0.15) is 0 Å². The highest BCUT2D eigenvalue weighted by Gasteiger charge is 2.51. The molecule has 0 saturated heterocycles. The van der Waals surface area contributed by atoms with E-state index in [1.54, 1.807) is 0 Å². The van der Waals surface area contributed by atoms with Crippen molar-refractivity contribution in [3.8, 4) is 0 Å². The van der Waals surface area contributed by atoms with Crippen LogP contribution >= 0.6 is 0 Å². The fraction of sp³-hybridized carbons (Fsp3) is 0.889. The number of carboxylic acid groups (broad SMARTS) is 1. The minimum absolute atomic E-state index is 0.0255. The number of carbonyl (C=O) groups is 1. The molecule has 1 unspecified atom stereocenters. The van der Waals surface area contributed by atoms with E-state index in [2.05, 4.69) is 0 Å². The molecule has 78 valence electrons. The Hall–Kier alpha value is -0.353. The molecule has 0 amide bonds. The first-order chi connectivity index (χ1) is 5.70. The summed E-state index contributed by atoms with van der Waals surface area (Å²) in [7, 11) is 0.442. The van der Waals surface area contributed by atoms with Crippen molar-refractivity contribution in [1.82, 2.24) is 0 Å². The van der Waals surface area contributed by atoms with Gasteiger partial charge >= 0.3 is 5.97 Å². The monoisotopic (exact) mass is 204 g/mol. The molecule has 0 aliphatic carbocycles. The summed E-state index contributed by atoms with van der Waals surface area (Å²) in [5.41, 5.74) is -1.42. The second kappa shape index (κ2) is 3.80. The van der Waals surface area contributed by atoms with Crippen molar-refractivity contribution in [3.05, 3.63) is 0 Å². The molecule has 0 radical (unpaired) electrons. The van der Waals surface area contributed by atoms with E-state index in [-0.39, 0.29) is 11.3 Å². The Morgan fingerprint density at radius 2 is 1.77 bits per heavy atom. The van der Waals surface area contributed by atoms with E-state index in [0.717, 1.165) is 0 Å². The molecule has 13 heavy (non-hydrogen) atoms. The van der Waals surface area contributed by atoms with Gasteiger partial charge in [-0.3, -0.25) is 0 Å². The minimum Gasteiger partial charge on any atom is -0.479 e. The fourth-order valence-corrected chi connectivity index (χ4v) is 3.32. The number of aliphatic carboxylic acids is 1. The van der Waals surface area contributed by atoms with Crippen LogP contribution in [0.5, 0.6) is 0 Å². The van der Waals surface area contributed by atoms with Gasteiger partial charge in [0.1, 0.15) is 10.5 Å². The van der Waals surface area contributed by atoms with Crippen molar-refractivity contribution in [1.29, 1.82) is 0 Å². The summed E-state index contributed by atoms with van der Waals surface area (Å²) in [6, 6.07) is 0. The van der Waals surface area contributed by atoms with Gasteiger partial charge in [-0.25, -0.2) is 4.79 Å². The summed E-state index contributed by atoms with van der Waals surface area (Å²) in [5.74, 6) is -0.882. The lowest BCUT2D eigenvalue weighted by Gasteiger charge is -2.43. The second-order valence-electron chi connectivity index (χ2n) is 4.65. The van der Waals surface area contributed by atoms with Gasteiger partial charge in [0.05, 0.1) is 0 Å². The van der Waals surface area contributed by atoms with Crippen LogP contribution in [0.25, 0.3) is 0 Å². The number of carboxylic acids is 1. The maximum absolute atomic E-state index is 11.2. The molecule has 1 N–H and O–H groups in total. The van der Waals surface area contributed by atoms with E-state index >= 15 is 0 Å². The molecule has 0 aliphatic rings. The molecule has 0 heterocycles. The summed E-state index contributed by atoms with van der Waals surface area (Å²) < 4.78 is 5.36. The average molecular weight is 204 g/mol. The molecule has 0 aromatic rings. The lowest BCUT2D eigenvalue weighted by atomic mass is 9.70. The van der Waals surface area contributed by atoms with Crippen LogP contribution in [0.4, 0.5) is 0 Å². The van der Waals surface area contributed by atoms with Gasteiger partial charge in [0.25, 0.3) is 0 Å². The predicted molar refractivity (Wildman–Crippen MR) is 55.7 cm³/mol. The maximum atomic E-state index is 11.2. The molecule has 0 fully saturated rings. The zero-order valence-corrected chi connectivity index (χ0v) is 11.3. The minimum atomic E-state index is -1.04. The number of rotatable bonds is 3. The van der Waals surface area contributed by atoms with Crippen LogP contribution in [-0.2, 0) is 9.22 Å². The normalized spacial score (nSPS) is 17.4. The third-order valence-electron chi connectivity index (χ3n) is 2.57. The first-order valence-corrected chi connectivity index (χ1v) is 5.30. The van der Waals surface area contributed by atoms with Crippen LogP contribution in [-0.4, -0.2) is 27.2 Å². The van der Waals surface area contributed by atoms with Crippen LogP contribution in [0, 0.1) is 11.3 Å². The van der Waals surface area contributed by atoms with E-state index in [1.165, 1.54) is 0 Å². The molecular formula is C9H20O3Si. The van der Waals surface area contributed by atoms with Gasteiger partial charge in [0, 0.05) is 5.41 Å². The van der Waals surface area contributed by atoms with E-state index in [9.17, 15) is 9.90 Å². The Morgan fingerprint density at radius 1 is 1.38 bits per heavy atom. The lowest BCUT2D eigenvalue weighted by Crippen LogP contribution is -2.55. The molecular weight excluding hydrogens is 184 g/mol. The molecule has 4 heteroatoms. The van der Waals surface area contributed by atoms with Crippen LogP contribution in [0.3, 0.4) is 0 Å². The van der Waals surface area contributed by atoms with Gasteiger partial charge < -0.3 is 9.53 Å². The number of hydrogen-bond acceptors (Lipinski definition) is 2. The van der Waals surface area contributed by atoms with Gasteiger partial charge in [0.15, 0.2) is 5.60 Å². The molecule has 0 bridgehead atoms. The SMILES string of the molecule is CC(C)C(O[SiH3])(C(=O)O)C(C)(C)C. The van der Waals surface area contributed by atoms with E-state index < -0.39 is 11.6 Å². The smallest absolute Gasteiger partial charge is 0.335 e. The maximum Gasteiger partial charge on any atom is 0.335 e. The number of hydrogen-bond donors (Lipinski definition) is 1. The quantitative estimate of drug-likeness (QED) is 0.692. The van der Waals surface area contributed by atoms with Crippen molar-refractivity contribution >= 4 is 16.5 Å². The van der Waals surface area contributed by atoms with E-state index in [1.807, 2.05) is 34.6 Å². The Kier molecular flexibility index (Phi) is 3.69. The van der Waals surface area contributed by atoms with Crippen molar-refractivity contribution < 1.29 is 14.3 Å². The van der Waals surface area contributed by atoms with Crippen LogP contribution in [0.2, 0.25) is 0 Å². The average Bonchev–Trinajstić information content (AvgIpc) is 1.83. The molecule has 0 spiro atoms. The Labute approximate surface area is 83.0 Å². The Bertz CT molecular complexity index is 196. The standard InChI is InChI=1S/C9H20O3Si/c1-6(2)9(12-13,7(10)11)8(3,4)5/h6H,1-5,13H3,(H,10,11). The van der Waals surface area contributed by atoms with Gasteiger partial charge in [-0.15, -0.1) is 0 Å². The summed E-state index contributed by atoms with van der Waals surface area (Å²) in [6.07, 6.45) is 0. The second-order valence-corrected chi connectivity index (χ2v) is 5.06. The Morgan fingerprint density at radius 3 is 1.77 bits per heavy atom. The molecule has 1 atom stereocenters. The fourth-order valence-electron chi connectivity index (χ4n) is 2.06. The third-order valence-corrected chi connectivity index (χ3v) is 3.21. The van der Waals surface area contributed by atoms with Crippen molar-refractivity contribution in [3.63, 3.8) is 0 Å². The predicted octanol–water partition coefficient (Wildman–Crippen LogP) is 0.809. The topological polar surface area (TPSA) is 46.5 Å². The third kappa shape index (κ3) is 1.94. The van der Waals surface area contributed by atoms with Gasteiger partial charge in [-0.05, 0) is 5.92 Å². The molecule has 3 nitrogen and oxygen atoms in total. The largest absolute Gasteiger partial charge is 0.479 e. The summed E-state index contributed by atoms with van der Waals surface area (Å²) >= 11 is 0. The molecule has 0 aliphatic heterocycles. The zero-order valence-electron chi connectivity index (χ0n) is 9.34. The van der Waals surface area contributed by atoms with E-state index in [0.29, 0.717) is 10.5 Å². The van der Waals surface area contributed by atoms with Gasteiger partial charge in [0.2, 0.25) is 0 Å². The first-order valence-electron chi connectivity index (χ1n) is 4.48. The van der Waals surface area contributed by atoms with Crippen LogP contribution in [0.1, 0.15) is 34.6 Å². The highest BCUT2D eigenvalue weighted by molar-refractivity contribution is 6.00. The molecule has 0 aromatic carbocycles. The summed E-state index contributed by atoms with van der Waals surface area (Å²) in [4.78, 5) is 11.2. The lowest BCUT2D eigenvalue weighted by molar-refractivity contribution is -0.172. The zero-order chi connectivity index (χ0) is 10.9. The molecule has 0 saturated carbocycles. The summed E-state index contributed by atoms with van der Waals surface area (Å²) in [5, 5.41) is 9.23. The van der Waals surface area contributed by atoms with Crippen molar-refractivity contribution in [2.24, 2.45) is 11.3 Å². The molecule has 0 rings (SSSR count). The van der Waals surface area contributed by atoms with Gasteiger partial charge in [-0.1, -0.05) is 34.6 Å². The Balaban J connectivity index is 5.25. The first kappa shape index (κ1) is 12.6. The summed E-state index contributed by atoms with van der Waals surface area (Å²) in [6.45, 7) is 9.48.